The zero-order valence-corrected chi connectivity index (χ0v) is 8.64. The van der Waals surface area contributed by atoms with Gasteiger partial charge in [-0.1, -0.05) is 12.1 Å². The van der Waals surface area contributed by atoms with Crippen molar-refractivity contribution >= 4 is 0 Å². The molecular formula is C11H15NO3. The van der Waals surface area contributed by atoms with Gasteiger partial charge in [0.1, 0.15) is 0 Å². The van der Waals surface area contributed by atoms with E-state index in [1.54, 1.807) is 7.11 Å². The molecule has 0 amide bonds. The van der Waals surface area contributed by atoms with E-state index >= 15 is 0 Å². The standard InChI is InChI=1S/C11H15NO3/c1-14-9-4-2-3-7-10(13)8(12)5-6-15-11(7)9/h2-4,8,10,13H,5-6,12H2,1H3. The number of hydrogen-bond donors (Lipinski definition) is 2. The second-order valence-corrected chi connectivity index (χ2v) is 3.62. The number of para-hydroxylation sites is 1. The summed E-state index contributed by atoms with van der Waals surface area (Å²) >= 11 is 0. The lowest BCUT2D eigenvalue weighted by atomic mass is 10.0. The topological polar surface area (TPSA) is 64.7 Å². The van der Waals surface area contributed by atoms with Crippen molar-refractivity contribution in [2.75, 3.05) is 13.7 Å². The molecule has 4 nitrogen and oxygen atoms in total. The normalized spacial score (nSPS) is 25.0. The lowest BCUT2D eigenvalue weighted by Gasteiger charge is -2.16. The Kier molecular flexibility index (Phi) is 2.79. The molecule has 2 atom stereocenters. The van der Waals surface area contributed by atoms with Crippen molar-refractivity contribution in [2.45, 2.75) is 18.6 Å². The van der Waals surface area contributed by atoms with Gasteiger partial charge in [0.15, 0.2) is 11.5 Å². The molecule has 0 fully saturated rings. The summed E-state index contributed by atoms with van der Waals surface area (Å²) in [5, 5.41) is 9.97. The molecule has 0 bridgehead atoms. The van der Waals surface area contributed by atoms with Crippen LogP contribution in [0.4, 0.5) is 0 Å². The van der Waals surface area contributed by atoms with Gasteiger partial charge < -0.3 is 20.3 Å². The van der Waals surface area contributed by atoms with E-state index in [0.717, 1.165) is 0 Å². The van der Waals surface area contributed by atoms with Gasteiger partial charge in [-0.25, -0.2) is 0 Å². The van der Waals surface area contributed by atoms with Gasteiger partial charge in [0.25, 0.3) is 0 Å². The highest BCUT2D eigenvalue weighted by molar-refractivity contribution is 5.48. The van der Waals surface area contributed by atoms with E-state index in [2.05, 4.69) is 0 Å². The van der Waals surface area contributed by atoms with Crippen LogP contribution in [0.25, 0.3) is 0 Å². The highest BCUT2D eigenvalue weighted by Gasteiger charge is 2.26. The van der Waals surface area contributed by atoms with E-state index in [9.17, 15) is 5.11 Å². The third-order valence-electron chi connectivity index (χ3n) is 2.65. The molecule has 1 aliphatic rings. The Morgan fingerprint density at radius 2 is 2.33 bits per heavy atom. The molecule has 82 valence electrons. The number of fused-ring (bicyclic) bond motifs is 1. The molecule has 3 N–H and O–H groups in total. The number of aliphatic hydroxyl groups excluding tert-OH is 1. The Bertz CT molecular complexity index is 354. The summed E-state index contributed by atoms with van der Waals surface area (Å²) in [7, 11) is 1.58. The molecule has 0 aromatic heterocycles. The number of aliphatic hydroxyl groups is 1. The third kappa shape index (κ3) is 1.78. The van der Waals surface area contributed by atoms with Crippen molar-refractivity contribution in [3.05, 3.63) is 23.8 Å². The lowest BCUT2D eigenvalue weighted by Crippen LogP contribution is -2.28. The first-order chi connectivity index (χ1) is 7.24. The Labute approximate surface area is 88.6 Å². The monoisotopic (exact) mass is 209 g/mol. The lowest BCUT2D eigenvalue weighted by molar-refractivity contribution is 0.144. The molecular weight excluding hydrogens is 194 g/mol. The van der Waals surface area contributed by atoms with Crippen molar-refractivity contribution in [1.29, 1.82) is 0 Å². The summed E-state index contributed by atoms with van der Waals surface area (Å²) in [6.07, 6.45) is -0.0449. The van der Waals surface area contributed by atoms with Crippen LogP contribution in [0.1, 0.15) is 18.1 Å². The molecule has 2 rings (SSSR count). The maximum atomic E-state index is 9.97. The zero-order valence-electron chi connectivity index (χ0n) is 8.64. The van der Waals surface area contributed by atoms with Crippen LogP contribution >= 0.6 is 0 Å². The van der Waals surface area contributed by atoms with E-state index in [1.165, 1.54) is 0 Å². The highest BCUT2D eigenvalue weighted by atomic mass is 16.5. The summed E-state index contributed by atoms with van der Waals surface area (Å²) in [4.78, 5) is 0. The number of ether oxygens (including phenoxy) is 2. The summed E-state index contributed by atoms with van der Waals surface area (Å²) in [5.74, 6) is 1.25. The van der Waals surface area contributed by atoms with E-state index in [4.69, 9.17) is 15.2 Å². The van der Waals surface area contributed by atoms with E-state index in [0.29, 0.717) is 30.1 Å². The first-order valence-electron chi connectivity index (χ1n) is 4.97. The van der Waals surface area contributed by atoms with Gasteiger partial charge in [-0.15, -0.1) is 0 Å². The fourth-order valence-electron chi connectivity index (χ4n) is 1.77. The second-order valence-electron chi connectivity index (χ2n) is 3.62. The molecule has 0 saturated heterocycles. The smallest absolute Gasteiger partial charge is 0.166 e. The molecule has 15 heavy (non-hydrogen) atoms. The van der Waals surface area contributed by atoms with Crippen LogP contribution in [0, 0.1) is 0 Å². The molecule has 1 aromatic rings. The fourth-order valence-corrected chi connectivity index (χ4v) is 1.77. The van der Waals surface area contributed by atoms with Crippen LogP contribution in [0.3, 0.4) is 0 Å². The zero-order chi connectivity index (χ0) is 10.8. The molecule has 0 radical (unpaired) electrons. The first-order valence-corrected chi connectivity index (χ1v) is 4.97. The molecule has 0 aliphatic carbocycles. The van der Waals surface area contributed by atoms with Gasteiger partial charge in [-0.2, -0.15) is 0 Å². The Morgan fingerprint density at radius 1 is 1.53 bits per heavy atom. The molecule has 1 aliphatic heterocycles. The summed E-state index contributed by atoms with van der Waals surface area (Å²) in [6, 6.07) is 5.16. The van der Waals surface area contributed by atoms with Gasteiger partial charge in [0.2, 0.25) is 0 Å². The Hall–Kier alpha value is -1.26. The number of nitrogens with two attached hydrogens (primary N) is 1. The summed E-state index contributed by atoms with van der Waals surface area (Å²) in [5.41, 5.74) is 6.52. The minimum absolute atomic E-state index is 0.279. The number of methoxy groups -OCH3 is 1. The maximum Gasteiger partial charge on any atom is 0.166 e. The van der Waals surface area contributed by atoms with Gasteiger partial charge >= 0.3 is 0 Å². The van der Waals surface area contributed by atoms with Gasteiger partial charge in [-0.3, -0.25) is 0 Å². The molecule has 1 aromatic carbocycles. The SMILES string of the molecule is COc1cccc2c1OCCC(N)C2O. The van der Waals surface area contributed by atoms with Crippen molar-refractivity contribution < 1.29 is 14.6 Å². The maximum absolute atomic E-state index is 9.97. The molecule has 0 saturated carbocycles. The summed E-state index contributed by atoms with van der Waals surface area (Å²) in [6.45, 7) is 0.506. The molecule has 0 spiro atoms. The third-order valence-corrected chi connectivity index (χ3v) is 2.65. The largest absolute Gasteiger partial charge is 0.493 e. The molecule has 1 heterocycles. The second kappa shape index (κ2) is 4.08. The van der Waals surface area contributed by atoms with E-state index < -0.39 is 6.10 Å². The van der Waals surface area contributed by atoms with Crippen LogP contribution in [-0.2, 0) is 0 Å². The van der Waals surface area contributed by atoms with Crippen molar-refractivity contribution in [2.24, 2.45) is 5.73 Å². The van der Waals surface area contributed by atoms with Crippen molar-refractivity contribution in [3.63, 3.8) is 0 Å². The van der Waals surface area contributed by atoms with Crippen LogP contribution in [0.5, 0.6) is 11.5 Å². The van der Waals surface area contributed by atoms with Crippen LogP contribution in [0.15, 0.2) is 18.2 Å². The van der Waals surface area contributed by atoms with Crippen LogP contribution in [-0.4, -0.2) is 24.9 Å². The summed E-state index contributed by atoms with van der Waals surface area (Å²) < 4.78 is 10.7. The van der Waals surface area contributed by atoms with Gasteiger partial charge in [0.05, 0.1) is 19.8 Å². The quantitative estimate of drug-likeness (QED) is 0.719. The van der Waals surface area contributed by atoms with E-state index in [-0.39, 0.29) is 6.04 Å². The molecule has 4 heteroatoms. The minimum Gasteiger partial charge on any atom is -0.493 e. The average Bonchev–Trinajstić information content (AvgIpc) is 2.40. The van der Waals surface area contributed by atoms with Crippen LogP contribution < -0.4 is 15.2 Å². The number of benzene rings is 1. The first kappa shape index (κ1) is 10.3. The Morgan fingerprint density at radius 3 is 3.07 bits per heavy atom. The van der Waals surface area contributed by atoms with Crippen LogP contribution in [0.2, 0.25) is 0 Å². The average molecular weight is 209 g/mol. The number of rotatable bonds is 1. The van der Waals surface area contributed by atoms with Crippen molar-refractivity contribution in [3.8, 4) is 11.5 Å². The predicted octanol–water partition coefficient (Wildman–Crippen LogP) is 0.838. The minimum atomic E-state index is -0.683. The van der Waals surface area contributed by atoms with E-state index in [1.807, 2.05) is 18.2 Å². The van der Waals surface area contributed by atoms with Crippen molar-refractivity contribution in [1.82, 2.24) is 0 Å². The van der Waals surface area contributed by atoms with Gasteiger partial charge in [-0.05, 0) is 12.5 Å². The predicted molar refractivity (Wildman–Crippen MR) is 56.0 cm³/mol. The molecule has 2 unspecified atom stereocenters. The highest BCUT2D eigenvalue weighted by Crippen LogP contribution is 2.37. The fraction of sp³-hybridized carbons (Fsp3) is 0.455. The number of hydrogen-bond acceptors (Lipinski definition) is 4. The van der Waals surface area contributed by atoms with Gasteiger partial charge in [0, 0.05) is 11.6 Å². The Balaban J connectivity index is 2.47.